The first kappa shape index (κ1) is 44.9. The van der Waals surface area contributed by atoms with Crippen LogP contribution in [0, 0.1) is 0 Å². The Balaban J connectivity index is 1.32. The van der Waals surface area contributed by atoms with Crippen molar-refractivity contribution in [1.82, 2.24) is 0 Å². The molecule has 58 heavy (non-hydrogen) atoms. The first-order valence-electron chi connectivity index (χ1n) is 20.6. The summed E-state index contributed by atoms with van der Waals surface area (Å²) in [7, 11) is 0. The molecule has 0 bridgehead atoms. The number of rotatable bonds is 28. The van der Waals surface area contributed by atoms with Gasteiger partial charge in [-0.3, -0.25) is 0 Å². The minimum atomic E-state index is -1.38. The van der Waals surface area contributed by atoms with Crippen LogP contribution in [0.1, 0.15) is 134 Å². The van der Waals surface area contributed by atoms with E-state index in [-0.39, 0.29) is 40.5 Å². The van der Waals surface area contributed by atoms with Gasteiger partial charge in [-0.05, 0) is 98.0 Å². The lowest BCUT2D eigenvalue weighted by atomic mass is 10.1. The molecule has 0 heterocycles. The summed E-state index contributed by atoms with van der Waals surface area (Å²) in [5, 5.41) is 10.2. The average Bonchev–Trinajstić information content (AvgIpc) is 3.24. The van der Waals surface area contributed by atoms with Gasteiger partial charge in [-0.1, -0.05) is 96.4 Å². The Bertz CT molecular complexity index is 1850. The molecule has 4 aromatic rings. The van der Waals surface area contributed by atoms with E-state index in [0.29, 0.717) is 37.7 Å². The fraction of sp³-hybridized carbons (Fsp3) is 0.396. The van der Waals surface area contributed by atoms with E-state index in [0.717, 1.165) is 94.4 Å². The molecule has 0 amide bonds. The van der Waals surface area contributed by atoms with E-state index < -0.39 is 17.9 Å². The zero-order valence-corrected chi connectivity index (χ0v) is 34.0. The number of benzene rings is 4. The Labute approximate surface area is 343 Å². The molecule has 0 fully saturated rings. The van der Waals surface area contributed by atoms with Gasteiger partial charge in [0.15, 0.2) is 11.5 Å². The molecule has 310 valence electrons. The van der Waals surface area contributed by atoms with E-state index in [2.05, 4.69) is 20.4 Å². The quantitative estimate of drug-likeness (QED) is 0.0337. The molecular formula is C48H58O10. The third kappa shape index (κ3) is 15.6. The fourth-order valence-corrected chi connectivity index (χ4v) is 5.88. The van der Waals surface area contributed by atoms with Crippen LogP contribution in [0.4, 0.5) is 0 Å². The average molecular weight is 795 g/mol. The van der Waals surface area contributed by atoms with Crippen molar-refractivity contribution < 1.29 is 47.9 Å². The maximum absolute atomic E-state index is 13.3. The fourth-order valence-electron chi connectivity index (χ4n) is 5.88. The highest BCUT2D eigenvalue weighted by atomic mass is 16.6. The van der Waals surface area contributed by atoms with E-state index in [1.165, 1.54) is 6.07 Å². The predicted molar refractivity (Wildman–Crippen MR) is 226 cm³/mol. The number of aromatic carboxylic acids is 1. The van der Waals surface area contributed by atoms with Crippen LogP contribution in [-0.2, 0) is 0 Å². The van der Waals surface area contributed by atoms with Crippen molar-refractivity contribution in [3.63, 3.8) is 0 Å². The van der Waals surface area contributed by atoms with Gasteiger partial charge < -0.3 is 33.5 Å². The van der Waals surface area contributed by atoms with Crippen LogP contribution in [0.3, 0.4) is 0 Å². The molecule has 0 unspecified atom stereocenters. The number of unbranched alkanes of at least 4 members (excludes halogenated alkanes) is 10. The van der Waals surface area contributed by atoms with E-state index in [1.54, 1.807) is 48.5 Å². The van der Waals surface area contributed by atoms with Crippen molar-refractivity contribution in [3.05, 3.63) is 114 Å². The number of carboxylic acid groups (broad SMARTS) is 1. The molecule has 0 atom stereocenters. The minimum absolute atomic E-state index is 0.0204. The molecule has 10 nitrogen and oxygen atoms in total. The highest BCUT2D eigenvalue weighted by molar-refractivity contribution is 5.97. The number of hydrogen-bond acceptors (Lipinski definition) is 9. The first-order chi connectivity index (χ1) is 28.3. The lowest BCUT2D eigenvalue weighted by Crippen LogP contribution is -2.15. The summed E-state index contributed by atoms with van der Waals surface area (Å²) in [6, 6.07) is 23.4. The zero-order chi connectivity index (χ0) is 41.4. The van der Waals surface area contributed by atoms with Gasteiger partial charge in [0, 0.05) is 6.07 Å². The summed E-state index contributed by atoms with van der Waals surface area (Å²) >= 11 is 0. The number of esters is 2. The predicted octanol–water partition coefficient (Wildman–Crippen LogP) is 11.8. The highest BCUT2D eigenvalue weighted by Crippen LogP contribution is 2.37. The summed E-state index contributed by atoms with van der Waals surface area (Å²) in [5.41, 5.74) is 1.14. The van der Waals surface area contributed by atoms with Gasteiger partial charge >= 0.3 is 17.9 Å². The van der Waals surface area contributed by atoms with Gasteiger partial charge in [-0.25, -0.2) is 14.4 Å². The van der Waals surface area contributed by atoms with E-state index in [4.69, 9.17) is 28.4 Å². The molecule has 0 radical (unpaired) electrons. The summed E-state index contributed by atoms with van der Waals surface area (Å²) in [5.74, 6) is -1.10. The highest BCUT2D eigenvalue weighted by Gasteiger charge is 2.24. The maximum Gasteiger partial charge on any atom is 0.343 e. The molecule has 1 N–H and O–H groups in total. The third-order valence-corrected chi connectivity index (χ3v) is 9.31. The molecular weight excluding hydrogens is 737 g/mol. The third-order valence-electron chi connectivity index (χ3n) is 9.31. The SMILES string of the molecule is C=Cc1ccc(OCCCCCCCCCCCOc2cc(OC(=O)c3ccc(OCCCC)cc3)cc(C(=O)O)c2OC(=O)c2ccc(OCCCC)cc2)cc1. The number of carbonyl (C=O) groups is 3. The second-order valence-electron chi connectivity index (χ2n) is 14.0. The summed E-state index contributed by atoms with van der Waals surface area (Å²) in [6.07, 6.45) is 14.9. The number of ether oxygens (including phenoxy) is 6. The second kappa shape index (κ2) is 25.5. The summed E-state index contributed by atoms with van der Waals surface area (Å²) < 4.78 is 34.6. The van der Waals surface area contributed by atoms with Gasteiger partial charge in [0.25, 0.3) is 0 Å². The number of carboxylic acids is 1. The van der Waals surface area contributed by atoms with Crippen LogP contribution in [-0.4, -0.2) is 49.4 Å². The van der Waals surface area contributed by atoms with Crippen LogP contribution in [0.15, 0.2) is 91.5 Å². The molecule has 0 aromatic heterocycles. The standard InChI is InChI=1S/C48H58O10/c1-4-7-30-53-40-26-20-37(21-27-40)47(51)57-42-34-43(46(49)50)45(58-48(52)38-22-28-41(29-23-38)54-31-8-5-2)44(35-42)56-33-17-15-13-11-9-10-12-14-16-32-55-39-24-18-36(6-3)19-25-39/h6,18-29,34-35H,3-5,7-17,30-33H2,1-2H3,(H,49,50). The minimum Gasteiger partial charge on any atom is -0.494 e. The Morgan fingerprint density at radius 3 is 1.38 bits per heavy atom. The van der Waals surface area contributed by atoms with Gasteiger partial charge in [0.05, 0.1) is 37.6 Å². The van der Waals surface area contributed by atoms with Crippen molar-refractivity contribution in [3.8, 4) is 34.5 Å². The smallest absolute Gasteiger partial charge is 0.343 e. The lowest BCUT2D eigenvalue weighted by molar-refractivity contribution is 0.0666. The van der Waals surface area contributed by atoms with Gasteiger partial charge in [-0.15, -0.1) is 0 Å². The van der Waals surface area contributed by atoms with Gasteiger partial charge in [0.1, 0.15) is 28.6 Å². The van der Waals surface area contributed by atoms with Crippen LogP contribution in [0.5, 0.6) is 34.5 Å². The summed E-state index contributed by atoms with van der Waals surface area (Å²) in [6.45, 7) is 9.99. The van der Waals surface area contributed by atoms with Gasteiger partial charge in [0.2, 0.25) is 0 Å². The van der Waals surface area contributed by atoms with Crippen LogP contribution < -0.4 is 28.4 Å². The van der Waals surface area contributed by atoms with Crippen LogP contribution >= 0.6 is 0 Å². The number of hydrogen-bond donors (Lipinski definition) is 1. The molecule has 4 rings (SSSR count). The second-order valence-corrected chi connectivity index (χ2v) is 14.0. The first-order valence-corrected chi connectivity index (χ1v) is 20.6. The molecule has 0 spiro atoms. The van der Waals surface area contributed by atoms with Crippen molar-refractivity contribution >= 4 is 24.0 Å². The number of carbonyl (C=O) groups excluding carboxylic acids is 2. The Kier molecular flexibility index (Phi) is 19.7. The molecule has 10 heteroatoms. The molecule has 0 aliphatic rings. The Hall–Kier alpha value is -5.77. The topological polar surface area (TPSA) is 127 Å². The largest absolute Gasteiger partial charge is 0.494 e. The monoisotopic (exact) mass is 794 g/mol. The molecule has 0 saturated heterocycles. The Morgan fingerprint density at radius 2 is 0.931 bits per heavy atom. The van der Waals surface area contributed by atoms with E-state index in [9.17, 15) is 19.5 Å². The van der Waals surface area contributed by atoms with Crippen molar-refractivity contribution in [1.29, 1.82) is 0 Å². The van der Waals surface area contributed by atoms with Crippen LogP contribution in [0.2, 0.25) is 0 Å². The van der Waals surface area contributed by atoms with E-state index in [1.807, 2.05) is 30.3 Å². The normalized spacial score (nSPS) is 10.7. The lowest BCUT2D eigenvalue weighted by Gasteiger charge is -2.16. The molecule has 0 aliphatic heterocycles. The molecule has 4 aromatic carbocycles. The maximum atomic E-state index is 13.3. The zero-order valence-electron chi connectivity index (χ0n) is 34.0. The van der Waals surface area contributed by atoms with Crippen molar-refractivity contribution in [2.75, 3.05) is 26.4 Å². The van der Waals surface area contributed by atoms with Crippen molar-refractivity contribution in [2.24, 2.45) is 0 Å². The Morgan fingerprint density at radius 1 is 0.517 bits per heavy atom. The molecule has 0 saturated carbocycles. The van der Waals surface area contributed by atoms with E-state index >= 15 is 0 Å². The van der Waals surface area contributed by atoms with Crippen LogP contribution in [0.25, 0.3) is 6.08 Å². The van der Waals surface area contributed by atoms with Gasteiger partial charge in [-0.2, -0.15) is 0 Å². The van der Waals surface area contributed by atoms with Crippen molar-refractivity contribution in [2.45, 2.75) is 97.3 Å². The molecule has 0 aliphatic carbocycles. The summed E-state index contributed by atoms with van der Waals surface area (Å²) in [4.78, 5) is 39.0.